The van der Waals surface area contributed by atoms with Crippen LogP contribution in [0.4, 0.5) is 8.78 Å². The van der Waals surface area contributed by atoms with E-state index in [0.29, 0.717) is 12.2 Å². The Hall–Kier alpha value is -0.360. The van der Waals surface area contributed by atoms with Crippen LogP contribution in [0.15, 0.2) is 0 Å². The third kappa shape index (κ3) is 4.76. The Morgan fingerprint density at radius 1 is 1.64 bits per heavy atom. The molecule has 0 fully saturated rings. The van der Waals surface area contributed by atoms with Crippen LogP contribution in [-0.4, -0.2) is 41.6 Å². The van der Waals surface area contributed by atoms with Gasteiger partial charge in [0.15, 0.2) is 0 Å². The van der Waals surface area contributed by atoms with Gasteiger partial charge in [-0.15, -0.1) is 0 Å². The Balaban J connectivity index is 3.95. The van der Waals surface area contributed by atoms with Gasteiger partial charge in [-0.1, -0.05) is 6.92 Å². The predicted molar refractivity (Wildman–Crippen MR) is 53.0 cm³/mol. The van der Waals surface area contributed by atoms with Crippen LogP contribution in [0.5, 0.6) is 0 Å². The van der Waals surface area contributed by atoms with E-state index in [-0.39, 0.29) is 6.04 Å². The van der Waals surface area contributed by atoms with Crippen LogP contribution in [-0.2, 0) is 4.79 Å². The molecule has 84 valence electrons. The highest BCUT2D eigenvalue weighted by molar-refractivity contribution is 7.98. The summed E-state index contributed by atoms with van der Waals surface area (Å²) in [5.41, 5.74) is 0. The average Bonchev–Trinajstić information content (AvgIpc) is 2.12. The number of carboxylic acid groups (broad SMARTS) is 1. The maximum absolute atomic E-state index is 12.6. The number of nitrogens with one attached hydrogen (secondary N) is 1. The van der Waals surface area contributed by atoms with E-state index in [4.69, 9.17) is 5.11 Å². The van der Waals surface area contributed by atoms with Crippen LogP contribution in [0.3, 0.4) is 0 Å². The first kappa shape index (κ1) is 13.6. The highest BCUT2D eigenvalue weighted by Crippen LogP contribution is 2.12. The molecule has 0 bridgehead atoms. The van der Waals surface area contributed by atoms with Crippen molar-refractivity contribution < 1.29 is 18.7 Å². The number of rotatable bonds is 7. The first-order chi connectivity index (χ1) is 6.44. The van der Waals surface area contributed by atoms with Gasteiger partial charge in [0.2, 0.25) is 0 Å². The van der Waals surface area contributed by atoms with Gasteiger partial charge in [0, 0.05) is 11.8 Å². The minimum atomic E-state index is -3.67. The summed E-state index contributed by atoms with van der Waals surface area (Å²) in [5.74, 6) is -5.05. The summed E-state index contributed by atoms with van der Waals surface area (Å²) in [6, 6.07) is -0.0600. The van der Waals surface area contributed by atoms with Gasteiger partial charge in [-0.05, 0) is 12.7 Å². The van der Waals surface area contributed by atoms with E-state index in [1.165, 1.54) is 11.8 Å². The van der Waals surface area contributed by atoms with E-state index in [1.807, 2.05) is 13.2 Å². The van der Waals surface area contributed by atoms with Crippen molar-refractivity contribution >= 4 is 17.7 Å². The van der Waals surface area contributed by atoms with Gasteiger partial charge < -0.3 is 10.4 Å². The van der Waals surface area contributed by atoms with Crippen molar-refractivity contribution in [2.75, 3.05) is 18.6 Å². The van der Waals surface area contributed by atoms with Gasteiger partial charge in [-0.25, -0.2) is 4.79 Å². The topological polar surface area (TPSA) is 49.3 Å². The molecule has 0 saturated heterocycles. The molecule has 0 aromatic rings. The lowest BCUT2D eigenvalue weighted by atomic mass is 10.2. The van der Waals surface area contributed by atoms with Crippen LogP contribution in [0.1, 0.15) is 13.3 Å². The minimum absolute atomic E-state index is 0.0600. The smallest absolute Gasteiger partial charge is 0.375 e. The first-order valence-corrected chi connectivity index (χ1v) is 5.67. The zero-order valence-corrected chi connectivity index (χ0v) is 9.03. The molecule has 0 aliphatic rings. The maximum Gasteiger partial charge on any atom is 0.375 e. The fourth-order valence-electron chi connectivity index (χ4n) is 0.870. The van der Waals surface area contributed by atoms with Crippen molar-refractivity contribution in [1.82, 2.24) is 5.32 Å². The number of halogens is 2. The zero-order valence-electron chi connectivity index (χ0n) is 8.22. The largest absolute Gasteiger partial charge is 0.477 e. The number of aliphatic carboxylic acids is 1. The van der Waals surface area contributed by atoms with Gasteiger partial charge in [-0.3, -0.25) is 0 Å². The van der Waals surface area contributed by atoms with Crippen LogP contribution in [0.25, 0.3) is 0 Å². The van der Waals surface area contributed by atoms with Crippen molar-refractivity contribution in [3.63, 3.8) is 0 Å². The second kappa shape index (κ2) is 6.19. The molecule has 0 amide bonds. The molecule has 0 radical (unpaired) electrons. The van der Waals surface area contributed by atoms with Gasteiger partial charge in [0.25, 0.3) is 0 Å². The average molecular weight is 227 g/mol. The Morgan fingerprint density at radius 3 is 2.57 bits per heavy atom. The molecule has 0 aliphatic carbocycles. The number of carbonyl (C=O) groups is 1. The normalized spacial score (nSPS) is 14.0. The Bertz CT molecular complexity index is 190. The fraction of sp³-hybridized carbons (Fsp3) is 0.875. The van der Waals surface area contributed by atoms with E-state index in [0.717, 1.165) is 0 Å². The third-order valence-electron chi connectivity index (χ3n) is 1.79. The number of thioether (sulfide) groups is 1. The molecule has 1 unspecified atom stereocenters. The zero-order chi connectivity index (χ0) is 11.2. The molecule has 0 aliphatic heterocycles. The van der Waals surface area contributed by atoms with E-state index in [9.17, 15) is 13.6 Å². The summed E-state index contributed by atoms with van der Waals surface area (Å²) in [6.45, 7) is 1.06. The van der Waals surface area contributed by atoms with Crippen LogP contribution < -0.4 is 5.32 Å². The van der Waals surface area contributed by atoms with Gasteiger partial charge in [0.05, 0.1) is 6.54 Å². The van der Waals surface area contributed by atoms with Crippen molar-refractivity contribution in [2.45, 2.75) is 25.3 Å². The molecular formula is C8H15F2NO2S. The highest BCUT2D eigenvalue weighted by Gasteiger charge is 2.38. The standard InChI is InChI=1S/C8H15F2NO2S/c1-3-6(4-14-2)11-5-8(9,10)7(12)13/h6,11H,3-5H2,1-2H3,(H,12,13). The molecule has 0 saturated carbocycles. The molecule has 0 heterocycles. The summed E-state index contributed by atoms with van der Waals surface area (Å²) in [7, 11) is 0. The van der Waals surface area contributed by atoms with E-state index >= 15 is 0 Å². The first-order valence-electron chi connectivity index (χ1n) is 4.27. The summed E-state index contributed by atoms with van der Waals surface area (Å²) >= 11 is 1.54. The second-order valence-electron chi connectivity index (χ2n) is 2.95. The predicted octanol–water partition coefficient (Wildman–Crippen LogP) is 1.44. The Morgan fingerprint density at radius 2 is 2.21 bits per heavy atom. The maximum atomic E-state index is 12.6. The van der Waals surface area contributed by atoms with Gasteiger partial charge in [-0.2, -0.15) is 20.5 Å². The summed E-state index contributed by atoms with van der Waals surface area (Å²) in [6.07, 6.45) is 2.58. The van der Waals surface area contributed by atoms with E-state index < -0.39 is 18.4 Å². The Kier molecular flexibility index (Phi) is 6.03. The Labute approximate surface area is 86.3 Å². The van der Waals surface area contributed by atoms with E-state index in [1.54, 1.807) is 0 Å². The highest BCUT2D eigenvalue weighted by atomic mass is 32.2. The lowest BCUT2D eigenvalue weighted by Gasteiger charge is -2.18. The number of carboxylic acids is 1. The molecular weight excluding hydrogens is 212 g/mol. The van der Waals surface area contributed by atoms with E-state index in [2.05, 4.69) is 5.32 Å². The van der Waals surface area contributed by atoms with Gasteiger partial charge >= 0.3 is 11.9 Å². The van der Waals surface area contributed by atoms with Crippen molar-refractivity contribution in [3.8, 4) is 0 Å². The van der Waals surface area contributed by atoms with Crippen molar-refractivity contribution in [1.29, 1.82) is 0 Å². The molecule has 0 rings (SSSR count). The van der Waals surface area contributed by atoms with Crippen LogP contribution in [0.2, 0.25) is 0 Å². The molecule has 6 heteroatoms. The lowest BCUT2D eigenvalue weighted by molar-refractivity contribution is -0.164. The molecule has 0 aromatic heterocycles. The van der Waals surface area contributed by atoms with Crippen molar-refractivity contribution in [2.24, 2.45) is 0 Å². The second-order valence-corrected chi connectivity index (χ2v) is 3.86. The molecule has 14 heavy (non-hydrogen) atoms. The van der Waals surface area contributed by atoms with Crippen LogP contribution >= 0.6 is 11.8 Å². The molecule has 2 N–H and O–H groups in total. The monoisotopic (exact) mass is 227 g/mol. The number of hydrogen-bond acceptors (Lipinski definition) is 3. The third-order valence-corrected chi connectivity index (χ3v) is 2.52. The number of hydrogen-bond donors (Lipinski definition) is 2. The fourth-order valence-corrected chi connectivity index (χ4v) is 1.63. The molecule has 3 nitrogen and oxygen atoms in total. The summed E-state index contributed by atoms with van der Waals surface area (Å²) < 4.78 is 25.2. The minimum Gasteiger partial charge on any atom is -0.477 e. The lowest BCUT2D eigenvalue weighted by Crippen LogP contribution is -2.44. The van der Waals surface area contributed by atoms with Crippen LogP contribution in [0, 0.1) is 0 Å². The number of alkyl halides is 2. The van der Waals surface area contributed by atoms with Crippen molar-refractivity contribution in [3.05, 3.63) is 0 Å². The van der Waals surface area contributed by atoms with Gasteiger partial charge in [0.1, 0.15) is 0 Å². The summed E-state index contributed by atoms with van der Waals surface area (Å²) in [5, 5.41) is 10.7. The molecule has 0 spiro atoms. The molecule has 0 aromatic carbocycles. The quantitative estimate of drug-likeness (QED) is 0.691. The SMILES string of the molecule is CCC(CSC)NCC(F)(F)C(=O)O. The molecule has 1 atom stereocenters. The summed E-state index contributed by atoms with van der Waals surface area (Å²) in [4.78, 5) is 10.1.